The Morgan fingerprint density at radius 1 is 1.03 bits per heavy atom. The van der Waals surface area contributed by atoms with Crippen LogP contribution in [0.2, 0.25) is 0 Å². The van der Waals surface area contributed by atoms with Gasteiger partial charge in [0.2, 0.25) is 0 Å². The van der Waals surface area contributed by atoms with Gasteiger partial charge in [0, 0.05) is 13.1 Å². The highest BCUT2D eigenvalue weighted by molar-refractivity contribution is 5.71. The van der Waals surface area contributed by atoms with Crippen LogP contribution in [0.15, 0.2) is 48.5 Å². The molecule has 0 aromatic heterocycles. The maximum atomic E-state index is 12.0. The van der Waals surface area contributed by atoms with Crippen LogP contribution in [0.3, 0.4) is 0 Å². The summed E-state index contributed by atoms with van der Waals surface area (Å²) in [6.07, 6.45) is 1.77. The average Bonchev–Trinajstić information content (AvgIpc) is 2.82. The highest BCUT2D eigenvalue weighted by Crippen LogP contribution is 2.29. The quantitative estimate of drug-likeness (QED) is 0.505. The van der Waals surface area contributed by atoms with Crippen LogP contribution in [0.25, 0.3) is 0 Å². The number of hydrogen-bond acceptors (Lipinski definition) is 6. The first kappa shape index (κ1) is 26.5. The Hall–Kier alpha value is -3.06. The molecule has 0 bridgehead atoms. The van der Waals surface area contributed by atoms with Crippen LogP contribution < -0.4 is 10.1 Å². The third-order valence-corrected chi connectivity index (χ3v) is 5.81. The largest absolute Gasteiger partial charge is 0.482 e. The molecule has 0 aliphatic carbocycles. The number of carbonyl (C=O) groups excluding carboxylic acids is 2. The fourth-order valence-corrected chi connectivity index (χ4v) is 4.21. The van der Waals surface area contributed by atoms with Gasteiger partial charge in [0.25, 0.3) is 0 Å². The van der Waals surface area contributed by atoms with Gasteiger partial charge in [0.15, 0.2) is 6.61 Å². The smallest absolute Gasteiger partial charge is 0.407 e. The third kappa shape index (κ3) is 9.25. The number of likely N-dealkylation sites (tertiary alicyclic amines) is 1. The normalized spacial score (nSPS) is 14.9. The second-order valence-electron chi connectivity index (χ2n) is 9.89. The summed E-state index contributed by atoms with van der Waals surface area (Å²) in [5, 5.41) is 2.84. The first-order valence-electron chi connectivity index (χ1n) is 12.4. The van der Waals surface area contributed by atoms with E-state index in [-0.39, 0.29) is 12.6 Å². The molecule has 0 radical (unpaired) electrons. The first-order chi connectivity index (χ1) is 16.7. The Morgan fingerprint density at radius 2 is 1.74 bits per heavy atom. The van der Waals surface area contributed by atoms with E-state index in [1.54, 1.807) is 6.92 Å². The van der Waals surface area contributed by atoms with Gasteiger partial charge in [0.05, 0.1) is 6.61 Å². The number of esters is 1. The third-order valence-electron chi connectivity index (χ3n) is 5.81. The zero-order valence-electron chi connectivity index (χ0n) is 21.3. The van der Waals surface area contributed by atoms with Crippen molar-refractivity contribution in [3.8, 4) is 5.75 Å². The average molecular weight is 483 g/mol. The second-order valence-corrected chi connectivity index (χ2v) is 9.89. The Kier molecular flexibility index (Phi) is 9.55. The fraction of sp³-hybridized carbons (Fsp3) is 0.500. The van der Waals surface area contributed by atoms with Crippen molar-refractivity contribution in [2.45, 2.75) is 65.1 Å². The van der Waals surface area contributed by atoms with Gasteiger partial charge < -0.3 is 19.5 Å². The maximum absolute atomic E-state index is 12.0. The number of nitrogens with zero attached hydrogens (tertiary/aromatic N) is 1. The van der Waals surface area contributed by atoms with Crippen LogP contribution in [-0.4, -0.2) is 48.9 Å². The van der Waals surface area contributed by atoms with Crippen LogP contribution in [0.5, 0.6) is 5.75 Å². The summed E-state index contributed by atoms with van der Waals surface area (Å²) in [4.78, 5) is 25.9. The van der Waals surface area contributed by atoms with E-state index in [0.29, 0.717) is 24.8 Å². The van der Waals surface area contributed by atoms with Gasteiger partial charge in [-0.25, -0.2) is 9.59 Å². The second kappa shape index (κ2) is 12.6. The zero-order chi connectivity index (χ0) is 25.3. The predicted octanol–water partition coefficient (Wildman–Crippen LogP) is 5.03. The van der Waals surface area contributed by atoms with Gasteiger partial charge >= 0.3 is 12.1 Å². The Labute approximate surface area is 208 Å². The molecule has 1 aliphatic rings. The van der Waals surface area contributed by atoms with E-state index in [1.165, 1.54) is 11.1 Å². The molecule has 1 aliphatic heterocycles. The van der Waals surface area contributed by atoms with Gasteiger partial charge in [-0.1, -0.05) is 36.4 Å². The number of ether oxygens (including phenoxy) is 3. The molecule has 0 unspecified atom stereocenters. The molecular formula is C28H38N2O5. The van der Waals surface area contributed by atoms with Gasteiger partial charge in [0.1, 0.15) is 11.4 Å². The van der Waals surface area contributed by atoms with E-state index >= 15 is 0 Å². The van der Waals surface area contributed by atoms with Gasteiger partial charge in [-0.3, -0.25) is 4.90 Å². The lowest BCUT2D eigenvalue weighted by Gasteiger charge is -2.32. The molecule has 1 heterocycles. The van der Waals surface area contributed by atoms with Crippen molar-refractivity contribution >= 4 is 12.1 Å². The number of rotatable bonds is 9. The van der Waals surface area contributed by atoms with Crippen molar-refractivity contribution in [2.75, 3.05) is 26.3 Å². The van der Waals surface area contributed by atoms with E-state index in [4.69, 9.17) is 14.2 Å². The van der Waals surface area contributed by atoms with Gasteiger partial charge in [-0.05, 0) is 88.4 Å². The lowest BCUT2D eigenvalue weighted by molar-refractivity contribution is -0.145. The van der Waals surface area contributed by atoms with Crippen molar-refractivity contribution in [1.82, 2.24) is 10.2 Å². The molecule has 1 amide bonds. The molecule has 7 nitrogen and oxygen atoms in total. The van der Waals surface area contributed by atoms with E-state index in [1.807, 2.05) is 45.0 Å². The van der Waals surface area contributed by atoms with Crippen LogP contribution in [0, 0.1) is 0 Å². The summed E-state index contributed by atoms with van der Waals surface area (Å²) < 4.78 is 15.8. The summed E-state index contributed by atoms with van der Waals surface area (Å²) in [5.74, 6) is 0.832. The number of alkyl carbamates (subject to hydrolysis) is 1. The van der Waals surface area contributed by atoms with Crippen LogP contribution in [0.1, 0.15) is 63.1 Å². The molecule has 1 fully saturated rings. The molecule has 0 saturated carbocycles. The fourth-order valence-electron chi connectivity index (χ4n) is 4.21. The molecule has 0 atom stereocenters. The van der Waals surface area contributed by atoms with Crippen molar-refractivity contribution in [3.63, 3.8) is 0 Å². The van der Waals surface area contributed by atoms with Crippen molar-refractivity contribution in [1.29, 1.82) is 0 Å². The van der Waals surface area contributed by atoms with Crippen LogP contribution in [0.4, 0.5) is 4.79 Å². The lowest BCUT2D eigenvalue weighted by Crippen LogP contribution is -2.33. The molecule has 1 N–H and O–H groups in total. The number of amides is 1. The van der Waals surface area contributed by atoms with Crippen molar-refractivity contribution < 1.29 is 23.8 Å². The number of benzene rings is 2. The van der Waals surface area contributed by atoms with E-state index in [9.17, 15) is 9.59 Å². The molecule has 0 spiro atoms. The van der Waals surface area contributed by atoms with E-state index in [2.05, 4.69) is 34.5 Å². The summed E-state index contributed by atoms with van der Waals surface area (Å²) in [7, 11) is 0. The number of nitrogens with one attached hydrogen (secondary N) is 1. The summed E-state index contributed by atoms with van der Waals surface area (Å²) in [6, 6.07) is 16.4. The minimum Gasteiger partial charge on any atom is -0.482 e. The van der Waals surface area contributed by atoms with Gasteiger partial charge in [-0.15, -0.1) is 0 Å². The summed E-state index contributed by atoms with van der Waals surface area (Å²) in [6.45, 7) is 11.0. The highest BCUT2D eigenvalue weighted by Gasteiger charge is 2.21. The van der Waals surface area contributed by atoms with Crippen molar-refractivity contribution in [2.24, 2.45) is 0 Å². The van der Waals surface area contributed by atoms with Crippen LogP contribution in [-0.2, 0) is 27.4 Å². The zero-order valence-corrected chi connectivity index (χ0v) is 21.3. The Balaban J connectivity index is 1.47. The minimum atomic E-state index is -0.503. The first-order valence-corrected chi connectivity index (χ1v) is 12.4. The molecule has 1 saturated heterocycles. The molecular weight excluding hydrogens is 444 g/mol. The van der Waals surface area contributed by atoms with Crippen LogP contribution >= 0.6 is 0 Å². The SMILES string of the molecule is CCOC(=O)COc1cccc(CN2CCC(c3cccc(CNC(=O)OC(C)(C)C)c3)CC2)c1. The number of carbonyl (C=O) groups is 2. The number of hydrogen-bond donors (Lipinski definition) is 1. The molecule has 3 rings (SSSR count). The topological polar surface area (TPSA) is 77.1 Å². The molecule has 2 aromatic rings. The summed E-state index contributed by atoms with van der Waals surface area (Å²) in [5.41, 5.74) is 3.06. The highest BCUT2D eigenvalue weighted by atomic mass is 16.6. The standard InChI is InChI=1S/C28H38N2O5/c1-5-33-26(31)20-34-25-11-7-9-22(17-25)19-30-14-12-23(13-15-30)24-10-6-8-21(16-24)18-29-27(32)35-28(2,3)4/h6-11,16-17,23H,5,12-15,18-20H2,1-4H3,(H,29,32). The molecule has 2 aromatic carbocycles. The van der Waals surface area contributed by atoms with E-state index < -0.39 is 11.7 Å². The lowest BCUT2D eigenvalue weighted by atomic mass is 9.88. The number of piperidine rings is 1. The van der Waals surface area contributed by atoms with E-state index in [0.717, 1.165) is 38.0 Å². The van der Waals surface area contributed by atoms with Gasteiger partial charge in [-0.2, -0.15) is 0 Å². The Morgan fingerprint density at radius 3 is 2.46 bits per heavy atom. The molecule has 7 heteroatoms. The molecule has 190 valence electrons. The Bertz CT molecular complexity index is 977. The van der Waals surface area contributed by atoms with Crippen molar-refractivity contribution in [3.05, 3.63) is 65.2 Å². The summed E-state index contributed by atoms with van der Waals surface area (Å²) >= 11 is 0. The predicted molar refractivity (Wildman–Crippen MR) is 135 cm³/mol. The minimum absolute atomic E-state index is 0.0744. The monoisotopic (exact) mass is 482 g/mol. The maximum Gasteiger partial charge on any atom is 0.407 e. The molecule has 35 heavy (non-hydrogen) atoms.